The van der Waals surface area contributed by atoms with Crippen molar-refractivity contribution in [3.63, 3.8) is 0 Å². The van der Waals surface area contributed by atoms with E-state index in [1.807, 2.05) is 0 Å². The van der Waals surface area contributed by atoms with Gasteiger partial charge in [-0.05, 0) is 13.8 Å². The average Bonchev–Trinajstić information content (AvgIpc) is 2.30. The third-order valence-electron chi connectivity index (χ3n) is 1.58. The maximum atomic E-state index is 12.2. The molecule has 1 unspecified atom stereocenters. The Morgan fingerprint density at radius 1 is 1.50 bits per heavy atom. The van der Waals surface area contributed by atoms with Gasteiger partial charge in [0.25, 0.3) is 6.43 Å². The Labute approximate surface area is 69.0 Å². The van der Waals surface area contributed by atoms with E-state index in [1.165, 1.54) is 0 Å². The van der Waals surface area contributed by atoms with Crippen molar-refractivity contribution < 1.29 is 8.78 Å². The molecular formula is C7H11F2N3. The quantitative estimate of drug-likeness (QED) is 0.718. The summed E-state index contributed by atoms with van der Waals surface area (Å²) in [6, 6.07) is -0.337. The number of nitrogens with two attached hydrogens (primary N) is 1. The number of aryl methyl sites for hydroxylation is 1. The molecule has 1 rings (SSSR count). The summed E-state index contributed by atoms with van der Waals surface area (Å²) in [5, 5.41) is 0. The standard InChI is InChI=1S/C7H11F2N3/c1-3(10)7-11-4(2)5(12-7)6(8)9/h3,6H,10H2,1-2H3,(H,11,12). The summed E-state index contributed by atoms with van der Waals surface area (Å²) in [4.78, 5) is 6.39. The van der Waals surface area contributed by atoms with E-state index in [0.717, 1.165) is 0 Å². The SMILES string of the molecule is Cc1[nH]c(C(C)N)nc1C(F)F. The molecule has 0 aliphatic carbocycles. The van der Waals surface area contributed by atoms with Crippen LogP contribution in [0.3, 0.4) is 0 Å². The number of halogens is 2. The Morgan fingerprint density at radius 2 is 2.08 bits per heavy atom. The second kappa shape index (κ2) is 3.18. The van der Waals surface area contributed by atoms with Gasteiger partial charge in [0, 0.05) is 5.69 Å². The van der Waals surface area contributed by atoms with Gasteiger partial charge in [0.15, 0.2) is 0 Å². The fraction of sp³-hybridized carbons (Fsp3) is 0.571. The maximum Gasteiger partial charge on any atom is 0.282 e. The number of nitrogens with one attached hydrogen (secondary N) is 1. The molecule has 0 saturated heterocycles. The van der Waals surface area contributed by atoms with Crippen LogP contribution >= 0.6 is 0 Å². The van der Waals surface area contributed by atoms with Crippen LogP contribution in [0.5, 0.6) is 0 Å². The number of hydrogen-bond acceptors (Lipinski definition) is 2. The molecule has 3 nitrogen and oxygen atoms in total. The van der Waals surface area contributed by atoms with Gasteiger partial charge in [-0.15, -0.1) is 0 Å². The monoisotopic (exact) mass is 175 g/mol. The highest BCUT2D eigenvalue weighted by Crippen LogP contribution is 2.21. The zero-order valence-corrected chi connectivity index (χ0v) is 6.94. The molecule has 0 bridgehead atoms. The van der Waals surface area contributed by atoms with Crippen LogP contribution in [0.4, 0.5) is 8.78 Å². The summed E-state index contributed by atoms with van der Waals surface area (Å²) >= 11 is 0. The summed E-state index contributed by atoms with van der Waals surface area (Å²) in [6.45, 7) is 3.24. The second-order valence-corrected chi connectivity index (χ2v) is 2.72. The molecule has 1 aromatic rings. The highest BCUT2D eigenvalue weighted by molar-refractivity contribution is 5.15. The van der Waals surface area contributed by atoms with E-state index in [-0.39, 0.29) is 11.7 Å². The van der Waals surface area contributed by atoms with Gasteiger partial charge in [-0.2, -0.15) is 0 Å². The van der Waals surface area contributed by atoms with Crippen LogP contribution in [0.25, 0.3) is 0 Å². The van der Waals surface area contributed by atoms with Crippen LogP contribution < -0.4 is 5.73 Å². The molecule has 0 amide bonds. The summed E-state index contributed by atoms with van der Waals surface area (Å²) in [5.74, 6) is 0.405. The van der Waals surface area contributed by atoms with Gasteiger partial charge >= 0.3 is 0 Å². The van der Waals surface area contributed by atoms with Crippen LogP contribution in [-0.2, 0) is 0 Å². The molecule has 68 valence electrons. The van der Waals surface area contributed by atoms with E-state index in [2.05, 4.69) is 9.97 Å². The Kier molecular flexibility index (Phi) is 2.42. The van der Waals surface area contributed by atoms with Gasteiger partial charge < -0.3 is 10.7 Å². The predicted octanol–water partition coefficient (Wildman–Crippen LogP) is 1.68. The van der Waals surface area contributed by atoms with Gasteiger partial charge in [-0.1, -0.05) is 0 Å². The highest BCUT2D eigenvalue weighted by atomic mass is 19.3. The smallest absolute Gasteiger partial charge is 0.282 e. The lowest BCUT2D eigenvalue weighted by Gasteiger charge is -1.97. The van der Waals surface area contributed by atoms with Gasteiger partial charge in [-0.25, -0.2) is 13.8 Å². The molecule has 1 aromatic heterocycles. The van der Waals surface area contributed by atoms with Crippen LogP contribution in [0, 0.1) is 6.92 Å². The third kappa shape index (κ3) is 1.61. The first-order chi connectivity index (χ1) is 5.52. The lowest BCUT2D eigenvalue weighted by atomic mass is 10.3. The molecule has 0 aliphatic heterocycles. The number of nitrogens with zero attached hydrogens (tertiary/aromatic N) is 1. The van der Waals surface area contributed by atoms with Crippen molar-refractivity contribution in [2.75, 3.05) is 0 Å². The normalized spacial score (nSPS) is 13.8. The first kappa shape index (κ1) is 9.12. The summed E-state index contributed by atoms with van der Waals surface area (Å²) < 4.78 is 24.4. The molecule has 0 saturated carbocycles. The van der Waals surface area contributed by atoms with E-state index < -0.39 is 6.43 Å². The largest absolute Gasteiger partial charge is 0.344 e. The van der Waals surface area contributed by atoms with E-state index in [1.54, 1.807) is 13.8 Å². The van der Waals surface area contributed by atoms with Crippen molar-refractivity contribution in [3.05, 3.63) is 17.2 Å². The fourth-order valence-corrected chi connectivity index (χ4v) is 0.926. The number of aromatic amines is 1. The van der Waals surface area contributed by atoms with Crippen molar-refractivity contribution >= 4 is 0 Å². The Bertz CT molecular complexity index is 268. The number of H-pyrrole nitrogens is 1. The average molecular weight is 175 g/mol. The van der Waals surface area contributed by atoms with Crippen molar-refractivity contribution in [3.8, 4) is 0 Å². The number of imidazole rings is 1. The van der Waals surface area contributed by atoms with Crippen LogP contribution in [0.2, 0.25) is 0 Å². The van der Waals surface area contributed by atoms with E-state index in [4.69, 9.17) is 5.73 Å². The van der Waals surface area contributed by atoms with E-state index in [9.17, 15) is 8.78 Å². The van der Waals surface area contributed by atoms with Crippen molar-refractivity contribution in [2.24, 2.45) is 5.73 Å². The third-order valence-corrected chi connectivity index (χ3v) is 1.58. The lowest BCUT2D eigenvalue weighted by molar-refractivity contribution is 0.145. The maximum absolute atomic E-state index is 12.2. The highest BCUT2D eigenvalue weighted by Gasteiger charge is 2.16. The number of hydrogen-bond donors (Lipinski definition) is 2. The van der Waals surface area contributed by atoms with Gasteiger partial charge in [0.1, 0.15) is 11.5 Å². The summed E-state index contributed by atoms with van der Waals surface area (Å²) in [6.07, 6.45) is -2.53. The zero-order chi connectivity index (χ0) is 9.30. The van der Waals surface area contributed by atoms with E-state index in [0.29, 0.717) is 11.5 Å². The van der Waals surface area contributed by atoms with E-state index >= 15 is 0 Å². The predicted molar refractivity (Wildman–Crippen MR) is 40.9 cm³/mol. The summed E-state index contributed by atoms with van der Waals surface area (Å²) in [7, 11) is 0. The van der Waals surface area contributed by atoms with Gasteiger partial charge in [-0.3, -0.25) is 0 Å². The van der Waals surface area contributed by atoms with Crippen LogP contribution in [-0.4, -0.2) is 9.97 Å². The lowest BCUT2D eigenvalue weighted by Crippen LogP contribution is -2.06. The minimum Gasteiger partial charge on any atom is -0.344 e. The molecule has 3 N–H and O–H groups in total. The molecular weight excluding hydrogens is 164 g/mol. The van der Waals surface area contributed by atoms with Crippen molar-refractivity contribution in [2.45, 2.75) is 26.3 Å². The number of aromatic nitrogens is 2. The molecule has 0 fully saturated rings. The Morgan fingerprint density at radius 3 is 2.33 bits per heavy atom. The van der Waals surface area contributed by atoms with Crippen LogP contribution in [0.15, 0.2) is 0 Å². The molecule has 0 spiro atoms. The number of rotatable bonds is 2. The first-order valence-corrected chi connectivity index (χ1v) is 3.62. The minimum absolute atomic E-state index is 0.206. The molecule has 1 atom stereocenters. The fourth-order valence-electron chi connectivity index (χ4n) is 0.926. The van der Waals surface area contributed by atoms with Crippen LogP contribution in [0.1, 0.15) is 36.6 Å². The Hall–Kier alpha value is -0.970. The minimum atomic E-state index is -2.53. The second-order valence-electron chi connectivity index (χ2n) is 2.72. The molecule has 0 radical (unpaired) electrons. The van der Waals surface area contributed by atoms with Gasteiger partial charge in [0.2, 0.25) is 0 Å². The van der Waals surface area contributed by atoms with Crippen molar-refractivity contribution in [1.29, 1.82) is 0 Å². The molecule has 12 heavy (non-hydrogen) atoms. The molecule has 5 heteroatoms. The zero-order valence-electron chi connectivity index (χ0n) is 6.94. The first-order valence-electron chi connectivity index (χ1n) is 3.62. The number of alkyl halides is 2. The summed E-state index contributed by atoms with van der Waals surface area (Å²) in [5.41, 5.74) is 5.64. The molecule has 0 aromatic carbocycles. The Balaban J connectivity index is 3.00. The van der Waals surface area contributed by atoms with Crippen molar-refractivity contribution in [1.82, 2.24) is 9.97 Å². The topological polar surface area (TPSA) is 54.7 Å². The van der Waals surface area contributed by atoms with Gasteiger partial charge in [0.05, 0.1) is 6.04 Å². The molecule has 0 aliphatic rings. The molecule has 1 heterocycles.